The van der Waals surface area contributed by atoms with Gasteiger partial charge in [0.25, 0.3) is 0 Å². The van der Waals surface area contributed by atoms with E-state index in [2.05, 4.69) is 57.5 Å². The second kappa shape index (κ2) is 9.55. The Bertz CT molecular complexity index is 1550. The van der Waals surface area contributed by atoms with Crippen LogP contribution in [0, 0.1) is 0 Å². The molecule has 1 atom stereocenters. The summed E-state index contributed by atoms with van der Waals surface area (Å²) in [6, 6.07) is 9.95. The highest BCUT2D eigenvalue weighted by Crippen LogP contribution is 2.41. The van der Waals surface area contributed by atoms with Gasteiger partial charge in [0.2, 0.25) is 5.95 Å². The minimum atomic E-state index is -2.71. The van der Waals surface area contributed by atoms with Gasteiger partial charge in [-0.3, -0.25) is 9.97 Å². The molecule has 1 saturated heterocycles. The van der Waals surface area contributed by atoms with E-state index in [0.717, 1.165) is 30.3 Å². The van der Waals surface area contributed by atoms with E-state index in [0.29, 0.717) is 51.5 Å². The minimum absolute atomic E-state index is 0.246. The predicted molar refractivity (Wildman–Crippen MR) is 149 cm³/mol. The van der Waals surface area contributed by atoms with Gasteiger partial charge < -0.3 is 29.6 Å². The maximum atomic E-state index is 13.3. The summed E-state index contributed by atoms with van der Waals surface area (Å²) in [5.74, 6) is 1.76. The van der Waals surface area contributed by atoms with Crippen LogP contribution in [0.4, 0.5) is 28.8 Å². The predicted octanol–water partition coefficient (Wildman–Crippen LogP) is 4.52. The second-order valence-electron chi connectivity index (χ2n) is 9.29. The van der Waals surface area contributed by atoms with Crippen LogP contribution < -0.4 is 25.6 Å². The quantitative estimate of drug-likeness (QED) is 0.326. The summed E-state index contributed by atoms with van der Waals surface area (Å²) in [6.07, 6.45) is 4.90. The number of halogens is 1. The minimum Gasteiger partial charge on any atom is -0.489 e. The van der Waals surface area contributed by atoms with E-state index >= 15 is 0 Å². The number of hydrogen-bond donors (Lipinski definition) is 2. The lowest BCUT2D eigenvalue weighted by atomic mass is 10.1. The third kappa shape index (κ3) is 4.74. The number of morpholine rings is 1. The zero-order valence-corrected chi connectivity index (χ0v) is 22.8. The summed E-state index contributed by atoms with van der Waals surface area (Å²) in [5.41, 5.74) is 3.84. The van der Waals surface area contributed by atoms with E-state index in [1.807, 2.05) is 24.3 Å². The first-order valence-electron chi connectivity index (χ1n) is 11.8. The number of anilines is 5. The highest BCUT2D eigenvalue weighted by atomic mass is 79.9. The van der Waals surface area contributed by atoms with Gasteiger partial charge in [-0.1, -0.05) is 0 Å². The van der Waals surface area contributed by atoms with Crippen molar-refractivity contribution in [3.05, 3.63) is 53.4 Å². The van der Waals surface area contributed by atoms with Gasteiger partial charge in [-0.15, -0.1) is 0 Å². The van der Waals surface area contributed by atoms with Crippen LogP contribution in [-0.2, 0) is 9.30 Å². The lowest BCUT2D eigenvalue weighted by Crippen LogP contribution is -2.51. The number of rotatable bonds is 5. The van der Waals surface area contributed by atoms with Crippen LogP contribution in [0.25, 0.3) is 11.0 Å². The number of hydrogen-bond acceptors (Lipinski definition) is 10. The molecule has 6 rings (SSSR count). The molecule has 0 spiro atoms. The average Bonchev–Trinajstić information content (AvgIpc) is 2.89. The van der Waals surface area contributed by atoms with E-state index in [9.17, 15) is 4.57 Å². The maximum absolute atomic E-state index is 13.3. The molecule has 0 unspecified atom stereocenters. The van der Waals surface area contributed by atoms with Crippen molar-refractivity contribution in [1.29, 1.82) is 0 Å². The van der Waals surface area contributed by atoms with Crippen LogP contribution in [-0.4, -0.2) is 65.7 Å². The van der Waals surface area contributed by atoms with Gasteiger partial charge in [-0.25, -0.2) is 4.98 Å². The lowest BCUT2D eigenvalue weighted by Gasteiger charge is -2.41. The molecule has 2 aromatic heterocycles. The molecular formula is C25H25BrN7O3P. The summed E-state index contributed by atoms with van der Waals surface area (Å²) < 4.78 is 25.5. The highest BCUT2D eigenvalue weighted by molar-refractivity contribution is 9.10. The Morgan fingerprint density at radius 3 is 2.81 bits per heavy atom. The molecule has 190 valence electrons. The molecule has 10 nitrogen and oxygen atoms in total. The maximum Gasteiger partial charge on any atom is 0.229 e. The van der Waals surface area contributed by atoms with Crippen LogP contribution in [0.1, 0.15) is 0 Å². The molecule has 0 aliphatic carbocycles. The molecule has 2 aliphatic heterocycles. The van der Waals surface area contributed by atoms with Crippen LogP contribution in [0.15, 0.2) is 53.4 Å². The van der Waals surface area contributed by atoms with Crippen molar-refractivity contribution in [3.63, 3.8) is 0 Å². The smallest absolute Gasteiger partial charge is 0.229 e. The zero-order valence-electron chi connectivity index (χ0n) is 20.3. The number of nitrogens with zero attached hydrogens (tertiary/aromatic N) is 5. The van der Waals surface area contributed by atoms with Crippen molar-refractivity contribution in [2.24, 2.45) is 0 Å². The van der Waals surface area contributed by atoms with E-state index in [1.165, 1.54) is 0 Å². The molecule has 12 heteroatoms. The van der Waals surface area contributed by atoms with Gasteiger partial charge in [-0.05, 0) is 53.5 Å². The zero-order chi connectivity index (χ0) is 25.6. The van der Waals surface area contributed by atoms with E-state index in [-0.39, 0.29) is 6.04 Å². The van der Waals surface area contributed by atoms with Crippen molar-refractivity contribution in [3.8, 4) is 5.75 Å². The molecule has 2 N–H and O–H groups in total. The SMILES string of the molecule is CP(C)(=O)c1c(Nc2nc(Nc3ccc4c(c3)OC[C@@H]3COCCN43)ncc2Br)ccc2nccnc12. The Morgan fingerprint density at radius 2 is 1.95 bits per heavy atom. The fraction of sp³-hybridized carbons (Fsp3) is 0.280. The molecule has 37 heavy (non-hydrogen) atoms. The summed E-state index contributed by atoms with van der Waals surface area (Å²) in [6.45, 7) is 6.29. The molecule has 2 aromatic carbocycles. The molecule has 0 amide bonds. The van der Waals surface area contributed by atoms with Gasteiger partial charge in [0.05, 0.1) is 45.9 Å². The molecule has 0 radical (unpaired) electrons. The first kappa shape index (κ1) is 24.1. The van der Waals surface area contributed by atoms with Crippen molar-refractivity contribution in [2.75, 3.05) is 55.2 Å². The third-order valence-corrected chi connectivity index (χ3v) is 8.44. The molecular weight excluding hydrogens is 557 g/mol. The normalized spacial score (nSPS) is 17.1. The topological polar surface area (TPSA) is 114 Å². The van der Waals surface area contributed by atoms with Gasteiger partial charge in [-0.2, -0.15) is 4.98 Å². The fourth-order valence-electron chi connectivity index (χ4n) is 4.68. The Kier molecular flexibility index (Phi) is 6.22. The largest absolute Gasteiger partial charge is 0.489 e. The molecule has 4 heterocycles. The number of fused-ring (bicyclic) bond motifs is 4. The van der Waals surface area contributed by atoms with E-state index < -0.39 is 7.14 Å². The molecule has 0 saturated carbocycles. The van der Waals surface area contributed by atoms with Crippen LogP contribution in [0.3, 0.4) is 0 Å². The van der Waals surface area contributed by atoms with E-state index in [1.54, 1.807) is 31.9 Å². The van der Waals surface area contributed by atoms with Crippen LogP contribution in [0.2, 0.25) is 0 Å². The number of nitrogens with one attached hydrogen (secondary N) is 2. The summed E-state index contributed by atoms with van der Waals surface area (Å²) >= 11 is 3.53. The monoisotopic (exact) mass is 581 g/mol. The first-order chi connectivity index (χ1) is 17.9. The average molecular weight is 582 g/mol. The van der Waals surface area contributed by atoms with Crippen molar-refractivity contribution >= 4 is 68.2 Å². The second-order valence-corrected chi connectivity index (χ2v) is 13.3. The molecule has 4 aromatic rings. The molecule has 0 bridgehead atoms. The summed E-state index contributed by atoms with van der Waals surface area (Å²) in [5, 5.41) is 7.23. The Labute approximate surface area is 222 Å². The number of ether oxygens (including phenoxy) is 2. The van der Waals surface area contributed by atoms with E-state index in [4.69, 9.17) is 9.47 Å². The molecule has 2 aliphatic rings. The van der Waals surface area contributed by atoms with Gasteiger partial charge in [0, 0.05) is 36.9 Å². The van der Waals surface area contributed by atoms with Gasteiger partial charge in [0.1, 0.15) is 30.8 Å². The lowest BCUT2D eigenvalue weighted by molar-refractivity contribution is 0.0705. The first-order valence-corrected chi connectivity index (χ1v) is 15.2. The third-order valence-electron chi connectivity index (χ3n) is 6.33. The number of benzene rings is 2. The summed E-state index contributed by atoms with van der Waals surface area (Å²) in [4.78, 5) is 20.2. The van der Waals surface area contributed by atoms with Crippen molar-refractivity contribution in [2.45, 2.75) is 6.04 Å². The highest BCUT2D eigenvalue weighted by Gasteiger charge is 2.30. The Hall–Kier alpha value is -3.27. The van der Waals surface area contributed by atoms with Gasteiger partial charge in [0.15, 0.2) is 0 Å². The Morgan fingerprint density at radius 1 is 1.08 bits per heavy atom. The molecule has 1 fully saturated rings. The summed E-state index contributed by atoms with van der Waals surface area (Å²) in [7, 11) is -2.71. The number of aromatic nitrogens is 4. The van der Waals surface area contributed by atoms with Crippen molar-refractivity contribution < 1.29 is 14.0 Å². The van der Waals surface area contributed by atoms with Gasteiger partial charge >= 0.3 is 0 Å². The fourth-order valence-corrected chi connectivity index (χ4v) is 6.36. The van der Waals surface area contributed by atoms with Crippen LogP contribution in [0.5, 0.6) is 5.75 Å². The van der Waals surface area contributed by atoms with Crippen molar-refractivity contribution in [1.82, 2.24) is 19.9 Å². The Balaban J connectivity index is 1.29. The standard InChI is InChI=1S/C25H25BrN7O3P/c1-37(2,34)23-19(5-4-18-22(23)28-8-7-27-18)31-24-17(26)12-29-25(32-24)30-15-3-6-20-21(11-15)36-14-16-13-35-10-9-33(16)20/h3-8,11-12,16H,9-10,13-14H2,1-2H3,(H2,29,30,31,32)/t16-/m0/s1. The van der Waals surface area contributed by atoms with Crippen LogP contribution >= 0.6 is 23.1 Å².